The number of thiophene rings is 1. The molecule has 0 radical (unpaired) electrons. The summed E-state index contributed by atoms with van der Waals surface area (Å²) < 4.78 is 9.23. The van der Waals surface area contributed by atoms with E-state index in [0.717, 1.165) is 10.1 Å². The lowest BCUT2D eigenvalue weighted by Gasteiger charge is -2.04. The lowest BCUT2D eigenvalue weighted by molar-refractivity contribution is 0.372. The molecule has 0 amide bonds. The molecule has 9 nitrogen and oxygen atoms in total. The van der Waals surface area contributed by atoms with E-state index in [2.05, 4.69) is 15.1 Å². The Balaban J connectivity index is 1.79. The van der Waals surface area contributed by atoms with E-state index < -0.39 is 11.2 Å². The predicted octanol–water partition coefficient (Wildman–Crippen LogP) is 0.593. The summed E-state index contributed by atoms with van der Waals surface area (Å²) in [4.78, 5) is 32.8. The maximum absolute atomic E-state index is 12.4. The maximum atomic E-state index is 12.4. The minimum Gasteiger partial charge on any atom is -0.337 e. The van der Waals surface area contributed by atoms with Crippen LogP contribution in [-0.4, -0.2) is 28.8 Å². The Morgan fingerprint density at radius 3 is 2.83 bits per heavy atom. The van der Waals surface area contributed by atoms with Gasteiger partial charge in [-0.25, -0.2) is 9.78 Å². The fraction of sp³-hybridized carbons (Fsp3) is 0.214. The molecule has 0 bridgehead atoms. The summed E-state index contributed by atoms with van der Waals surface area (Å²) in [6, 6.07) is 1.90. The summed E-state index contributed by atoms with van der Waals surface area (Å²) in [5, 5.41) is 7.79. The molecule has 0 aliphatic carbocycles. The summed E-state index contributed by atoms with van der Waals surface area (Å²) >= 11 is 1.54. The van der Waals surface area contributed by atoms with Crippen LogP contribution in [-0.2, 0) is 20.6 Å². The van der Waals surface area contributed by atoms with Gasteiger partial charge in [0.25, 0.3) is 5.56 Å². The van der Waals surface area contributed by atoms with Crippen molar-refractivity contribution >= 4 is 22.5 Å². The van der Waals surface area contributed by atoms with Crippen LogP contribution in [0.5, 0.6) is 0 Å². The molecule has 0 N–H and O–H groups in total. The van der Waals surface area contributed by atoms with Crippen molar-refractivity contribution in [2.45, 2.75) is 6.54 Å². The first-order valence-corrected chi connectivity index (χ1v) is 7.96. The SMILES string of the molecule is Cn1c(=O)c2c(ncn2Cc2nc(-c3ccsc3)no2)n(C)c1=O. The second-order valence-electron chi connectivity index (χ2n) is 5.27. The molecule has 0 aliphatic heterocycles. The summed E-state index contributed by atoms with van der Waals surface area (Å²) in [6.07, 6.45) is 1.49. The third kappa shape index (κ3) is 2.11. The van der Waals surface area contributed by atoms with Crippen molar-refractivity contribution in [2.24, 2.45) is 14.1 Å². The topological polar surface area (TPSA) is 101 Å². The summed E-state index contributed by atoms with van der Waals surface area (Å²) in [5.74, 6) is 0.849. The van der Waals surface area contributed by atoms with E-state index >= 15 is 0 Å². The first-order chi connectivity index (χ1) is 11.6. The van der Waals surface area contributed by atoms with Gasteiger partial charge in [-0.05, 0) is 11.4 Å². The molecule has 4 aromatic rings. The molecule has 122 valence electrons. The van der Waals surface area contributed by atoms with Crippen LogP contribution < -0.4 is 11.2 Å². The molecule has 4 aromatic heterocycles. The number of nitrogens with zero attached hydrogens (tertiary/aromatic N) is 6. The van der Waals surface area contributed by atoms with Crippen LogP contribution in [0.3, 0.4) is 0 Å². The molecule has 0 aromatic carbocycles. The van der Waals surface area contributed by atoms with Crippen LogP contribution in [0, 0.1) is 0 Å². The van der Waals surface area contributed by atoms with Gasteiger partial charge in [-0.2, -0.15) is 16.3 Å². The number of aryl methyl sites for hydroxylation is 1. The van der Waals surface area contributed by atoms with E-state index in [4.69, 9.17) is 4.52 Å². The van der Waals surface area contributed by atoms with Crippen LogP contribution in [0.2, 0.25) is 0 Å². The molecule has 0 spiro atoms. The minimum atomic E-state index is -0.421. The molecule has 4 rings (SSSR count). The van der Waals surface area contributed by atoms with E-state index in [0.29, 0.717) is 22.9 Å². The highest BCUT2D eigenvalue weighted by Crippen LogP contribution is 2.19. The smallest absolute Gasteiger partial charge is 0.332 e. The van der Waals surface area contributed by atoms with Crippen molar-refractivity contribution in [3.8, 4) is 11.4 Å². The van der Waals surface area contributed by atoms with Crippen LogP contribution in [0.25, 0.3) is 22.6 Å². The van der Waals surface area contributed by atoms with Crippen LogP contribution in [0.4, 0.5) is 0 Å². The molecule has 4 heterocycles. The average Bonchev–Trinajstić information content (AvgIpc) is 3.31. The predicted molar refractivity (Wildman–Crippen MR) is 86.9 cm³/mol. The van der Waals surface area contributed by atoms with E-state index in [1.807, 2.05) is 16.8 Å². The van der Waals surface area contributed by atoms with Crippen molar-refractivity contribution in [1.82, 2.24) is 28.8 Å². The highest BCUT2D eigenvalue weighted by molar-refractivity contribution is 7.08. The van der Waals surface area contributed by atoms with Crippen molar-refractivity contribution < 1.29 is 4.52 Å². The normalized spacial score (nSPS) is 11.4. The lowest BCUT2D eigenvalue weighted by Crippen LogP contribution is -2.37. The molecule has 0 unspecified atom stereocenters. The van der Waals surface area contributed by atoms with Gasteiger partial charge in [-0.15, -0.1) is 0 Å². The molecule has 0 fully saturated rings. The molecule has 0 atom stereocenters. The van der Waals surface area contributed by atoms with Crippen molar-refractivity contribution in [2.75, 3.05) is 0 Å². The number of hydrogen-bond donors (Lipinski definition) is 0. The molecular weight excluding hydrogens is 332 g/mol. The fourth-order valence-electron chi connectivity index (χ4n) is 2.49. The molecule has 0 aliphatic rings. The highest BCUT2D eigenvalue weighted by atomic mass is 32.1. The van der Waals surface area contributed by atoms with Gasteiger partial charge in [0, 0.05) is 25.0 Å². The molecule has 24 heavy (non-hydrogen) atoms. The van der Waals surface area contributed by atoms with E-state index in [1.165, 1.54) is 17.9 Å². The van der Waals surface area contributed by atoms with E-state index in [9.17, 15) is 9.59 Å². The molecular formula is C14H12N6O3S. The van der Waals surface area contributed by atoms with Crippen LogP contribution in [0.1, 0.15) is 5.89 Å². The second kappa shape index (κ2) is 5.27. The fourth-order valence-corrected chi connectivity index (χ4v) is 3.12. The van der Waals surface area contributed by atoms with Gasteiger partial charge in [0.2, 0.25) is 11.7 Å². The lowest BCUT2D eigenvalue weighted by atomic mass is 10.3. The number of aromatic nitrogens is 6. The van der Waals surface area contributed by atoms with Crippen molar-refractivity contribution in [1.29, 1.82) is 0 Å². The third-order valence-electron chi connectivity index (χ3n) is 3.77. The van der Waals surface area contributed by atoms with Gasteiger partial charge in [-0.1, -0.05) is 5.16 Å². The zero-order chi connectivity index (χ0) is 16.8. The van der Waals surface area contributed by atoms with Crippen molar-refractivity contribution in [3.05, 3.63) is 49.9 Å². The van der Waals surface area contributed by atoms with Gasteiger partial charge < -0.3 is 9.09 Å². The molecule has 10 heteroatoms. The maximum Gasteiger partial charge on any atom is 0.332 e. The number of hydrogen-bond acceptors (Lipinski definition) is 7. The molecule has 0 saturated carbocycles. The van der Waals surface area contributed by atoms with Crippen LogP contribution >= 0.6 is 11.3 Å². The van der Waals surface area contributed by atoms with Gasteiger partial charge in [0.1, 0.15) is 6.54 Å². The third-order valence-corrected chi connectivity index (χ3v) is 4.45. The van der Waals surface area contributed by atoms with Crippen molar-refractivity contribution in [3.63, 3.8) is 0 Å². The highest BCUT2D eigenvalue weighted by Gasteiger charge is 2.16. The zero-order valence-electron chi connectivity index (χ0n) is 12.8. The van der Waals surface area contributed by atoms with E-state index in [-0.39, 0.29) is 6.54 Å². The molecule has 0 saturated heterocycles. The summed E-state index contributed by atoms with van der Waals surface area (Å²) in [6.45, 7) is 0.196. The quantitative estimate of drug-likeness (QED) is 0.539. The largest absolute Gasteiger partial charge is 0.337 e. The van der Waals surface area contributed by atoms with E-state index in [1.54, 1.807) is 23.0 Å². The number of imidazole rings is 1. The standard InChI is InChI=1S/C14H12N6O3S/c1-18-12-10(13(21)19(2)14(18)22)20(7-15-12)5-9-16-11(17-23-9)8-3-4-24-6-8/h3-4,6-7H,5H2,1-2H3. The van der Waals surface area contributed by atoms with Gasteiger partial charge in [0.15, 0.2) is 11.2 Å². The minimum absolute atomic E-state index is 0.196. The Labute approximate surface area is 138 Å². The second-order valence-corrected chi connectivity index (χ2v) is 6.05. The Morgan fingerprint density at radius 1 is 1.25 bits per heavy atom. The first-order valence-electron chi connectivity index (χ1n) is 7.02. The number of fused-ring (bicyclic) bond motifs is 1. The van der Waals surface area contributed by atoms with Gasteiger partial charge in [0.05, 0.1) is 6.33 Å². The Kier molecular flexibility index (Phi) is 3.20. The van der Waals surface area contributed by atoms with Crippen LogP contribution in [0.15, 0.2) is 37.3 Å². The number of rotatable bonds is 3. The Morgan fingerprint density at radius 2 is 2.08 bits per heavy atom. The Hall–Kier alpha value is -3.01. The summed E-state index contributed by atoms with van der Waals surface area (Å²) in [5.41, 5.74) is 0.679. The average molecular weight is 344 g/mol. The monoisotopic (exact) mass is 344 g/mol. The first kappa shape index (κ1) is 14.6. The Bertz CT molecular complexity index is 1150. The van der Waals surface area contributed by atoms with Gasteiger partial charge in [-0.3, -0.25) is 13.9 Å². The van der Waals surface area contributed by atoms with Gasteiger partial charge >= 0.3 is 5.69 Å². The zero-order valence-corrected chi connectivity index (χ0v) is 13.6. The summed E-state index contributed by atoms with van der Waals surface area (Å²) in [7, 11) is 3.01.